The van der Waals surface area contributed by atoms with Crippen LogP contribution in [0.5, 0.6) is 0 Å². The number of carbonyl (C=O) groups is 3. The maximum atomic E-state index is 12.0. The first-order chi connectivity index (χ1) is 10.9. The van der Waals surface area contributed by atoms with E-state index in [9.17, 15) is 19.5 Å². The number of nitrogens with one attached hydrogen (secondary N) is 1. The van der Waals surface area contributed by atoms with E-state index in [-0.39, 0.29) is 30.4 Å². The fraction of sp³-hybridized carbons (Fsp3) is 0.312. The van der Waals surface area contributed by atoms with Gasteiger partial charge in [-0.05, 0) is 26.0 Å². The molecule has 1 aromatic carbocycles. The van der Waals surface area contributed by atoms with Gasteiger partial charge in [0.15, 0.2) is 5.57 Å². The molecule has 0 unspecified atom stereocenters. The number of ether oxygens (including phenoxy) is 2. The predicted molar refractivity (Wildman–Crippen MR) is 83.6 cm³/mol. The molecule has 2 N–H and O–H groups in total. The largest absolute Gasteiger partial charge is 0.506 e. The van der Waals surface area contributed by atoms with Gasteiger partial charge in [0.25, 0.3) is 0 Å². The van der Waals surface area contributed by atoms with E-state index in [2.05, 4.69) is 5.32 Å². The molecule has 23 heavy (non-hydrogen) atoms. The molecule has 0 atom stereocenters. The van der Waals surface area contributed by atoms with Crippen LogP contribution in [0.15, 0.2) is 29.8 Å². The smallest absolute Gasteiger partial charge is 0.349 e. The number of amides is 1. The van der Waals surface area contributed by atoms with Crippen LogP contribution in [0.2, 0.25) is 0 Å². The van der Waals surface area contributed by atoms with Crippen LogP contribution in [0.4, 0.5) is 5.69 Å². The maximum Gasteiger partial charge on any atom is 0.349 e. The summed E-state index contributed by atoms with van der Waals surface area (Å²) in [6, 6.07) is 6.21. The molecular weight excluding hydrogens is 302 g/mol. The number of para-hydroxylation sites is 1. The molecule has 0 aliphatic carbocycles. The van der Waals surface area contributed by atoms with Crippen molar-refractivity contribution in [3.63, 3.8) is 0 Å². The molecule has 0 saturated heterocycles. The Balaban J connectivity index is 3.43. The molecule has 0 fully saturated rings. The summed E-state index contributed by atoms with van der Waals surface area (Å²) in [5, 5.41) is 12.9. The van der Waals surface area contributed by atoms with Crippen LogP contribution in [0.25, 0.3) is 5.76 Å². The first-order valence-electron chi connectivity index (χ1n) is 7.06. The lowest BCUT2D eigenvalue weighted by Crippen LogP contribution is -2.20. The lowest BCUT2D eigenvalue weighted by Gasteiger charge is -2.13. The average molecular weight is 321 g/mol. The number of aliphatic hydroxyl groups excluding tert-OH is 1. The van der Waals surface area contributed by atoms with Crippen molar-refractivity contribution in [2.24, 2.45) is 0 Å². The maximum absolute atomic E-state index is 12.0. The van der Waals surface area contributed by atoms with E-state index in [0.717, 1.165) is 0 Å². The molecule has 0 bridgehead atoms. The zero-order valence-corrected chi connectivity index (χ0v) is 13.2. The second kappa shape index (κ2) is 8.57. The molecule has 0 radical (unpaired) electrons. The molecule has 0 spiro atoms. The number of benzene rings is 1. The first-order valence-corrected chi connectivity index (χ1v) is 7.06. The zero-order valence-electron chi connectivity index (χ0n) is 13.2. The third-order valence-corrected chi connectivity index (χ3v) is 2.69. The Hall–Kier alpha value is -2.83. The van der Waals surface area contributed by atoms with Crippen LogP contribution < -0.4 is 5.32 Å². The molecule has 0 aliphatic heterocycles. The quantitative estimate of drug-likeness (QED) is 0.273. The average Bonchev–Trinajstić information content (AvgIpc) is 2.47. The Morgan fingerprint density at radius 1 is 1.04 bits per heavy atom. The summed E-state index contributed by atoms with van der Waals surface area (Å²) in [6.07, 6.45) is 0. The number of anilines is 1. The van der Waals surface area contributed by atoms with Crippen molar-refractivity contribution in [1.82, 2.24) is 0 Å². The third kappa shape index (κ3) is 4.84. The second-order valence-corrected chi connectivity index (χ2v) is 4.39. The molecule has 1 aromatic rings. The van der Waals surface area contributed by atoms with E-state index in [4.69, 9.17) is 9.47 Å². The van der Waals surface area contributed by atoms with Crippen molar-refractivity contribution in [3.05, 3.63) is 35.4 Å². The normalized spacial score (nSPS) is 9.70. The summed E-state index contributed by atoms with van der Waals surface area (Å²) in [5.74, 6) is -2.98. The van der Waals surface area contributed by atoms with Gasteiger partial charge in [0.2, 0.25) is 5.91 Å². The number of rotatable bonds is 6. The van der Waals surface area contributed by atoms with Crippen molar-refractivity contribution >= 4 is 29.3 Å². The summed E-state index contributed by atoms with van der Waals surface area (Å²) in [4.78, 5) is 35.2. The number of esters is 2. The highest BCUT2D eigenvalue weighted by Crippen LogP contribution is 2.25. The third-order valence-electron chi connectivity index (χ3n) is 2.69. The zero-order chi connectivity index (χ0) is 17.4. The lowest BCUT2D eigenvalue weighted by molar-refractivity contribution is -0.146. The molecule has 1 amide bonds. The van der Waals surface area contributed by atoms with Crippen LogP contribution in [0, 0.1) is 0 Å². The van der Waals surface area contributed by atoms with E-state index in [1.807, 2.05) is 0 Å². The van der Waals surface area contributed by atoms with Gasteiger partial charge in [-0.15, -0.1) is 0 Å². The van der Waals surface area contributed by atoms with Crippen LogP contribution in [-0.4, -0.2) is 36.2 Å². The Bertz CT molecular complexity index is 615. The van der Waals surface area contributed by atoms with Crippen molar-refractivity contribution in [3.8, 4) is 0 Å². The molecule has 0 aromatic heterocycles. The molecule has 1 rings (SSSR count). The van der Waals surface area contributed by atoms with Crippen LogP contribution in [0.3, 0.4) is 0 Å². The van der Waals surface area contributed by atoms with Crippen molar-refractivity contribution in [1.29, 1.82) is 0 Å². The second-order valence-electron chi connectivity index (χ2n) is 4.39. The Morgan fingerprint density at radius 3 is 2.04 bits per heavy atom. The van der Waals surface area contributed by atoms with E-state index in [0.29, 0.717) is 0 Å². The van der Waals surface area contributed by atoms with Gasteiger partial charge in [-0.3, -0.25) is 4.79 Å². The summed E-state index contributed by atoms with van der Waals surface area (Å²) in [6.45, 7) is 4.51. The standard InChI is InChI=1S/C16H19NO6/c1-4-22-15(20)13(16(21)23-5-2)14(19)11-8-6-7-9-12(11)17-10(3)18/h6-9,19H,4-5H2,1-3H3,(H,17,18). The van der Waals surface area contributed by atoms with E-state index in [1.54, 1.807) is 26.0 Å². The first kappa shape index (κ1) is 18.2. The number of carbonyl (C=O) groups excluding carboxylic acids is 3. The Kier molecular flexibility index (Phi) is 6.79. The number of hydrogen-bond acceptors (Lipinski definition) is 6. The fourth-order valence-corrected chi connectivity index (χ4v) is 1.81. The highest BCUT2D eigenvalue weighted by molar-refractivity contribution is 6.19. The van der Waals surface area contributed by atoms with E-state index < -0.39 is 23.3 Å². The summed E-state index contributed by atoms with van der Waals surface area (Å²) in [5.41, 5.74) is -0.256. The number of hydrogen-bond donors (Lipinski definition) is 2. The number of aliphatic hydroxyl groups is 1. The molecule has 7 nitrogen and oxygen atoms in total. The predicted octanol–water partition coefficient (Wildman–Crippen LogP) is 2.04. The van der Waals surface area contributed by atoms with Crippen LogP contribution in [-0.2, 0) is 23.9 Å². The molecule has 7 heteroatoms. The highest BCUT2D eigenvalue weighted by atomic mass is 16.6. The van der Waals surface area contributed by atoms with Gasteiger partial charge < -0.3 is 19.9 Å². The van der Waals surface area contributed by atoms with Gasteiger partial charge in [-0.25, -0.2) is 9.59 Å². The minimum absolute atomic E-state index is 0.0301. The SMILES string of the molecule is CCOC(=O)C(C(=O)OCC)=C(O)c1ccccc1NC(C)=O. The highest BCUT2D eigenvalue weighted by Gasteiger charge is 2.28. The van der Waals surface area contributed by atoms with Gasteiger partial charge in [-0.2, -0.15) is 0 Å². The monoisotopic (exact) mass is 321 g/mol. The minimum Gasteiger partial charge on any atom is -0.506 e. The summed E-state index contributed by atoms with van der Waals surface area (Å²) < 4.78 is 9.58. The van der Waals surface area contributed by atoms with Gasteiger partial charge in [-0.1, -0.05) is 12.1 Å². The van der Waals surface area contributed by atoms with Gasteiger partial charge in [0.05, 0.1) is 18.9 Å². The molecule has 124 valence electrons. The van der Waals surface area contributed by atoms with Crippen molar-refractivity contribution < 1.29 is 29.0 Å². The van der Waals surface area contributed by atoms with Crippen molar-refractivity contribution in [2.45, 2.75) is 20.8 Å². The molecule has 0 saturated carbocycles. The van der Waals surface area contributed by atoms with Gasteiger partial charge in [0, 0.05) is 12.5 Å². The van der Waals surface area contributed by atoms with Crippen LogP contribution >= 0.6 is 0 Å². The van der Waals surface area contributed by atoms with E-state index >= 15 is 0 Å². The van der Waals surface area contributed by atoms with Crippen molar-refractivity contribution in [2.75, 3.05) is 18.5 Å². The van der Waals surface area contributed by atoms with E-state index in [1.165, 1.54) is 19.1 Å². The van der Waals surface area contributed by atoms with Gasteiger partial charge >= 0.3 is 11.9 Å². The molecule has 0 aliphatic rings. The molecular formula is C16H19NO6. The fourth-order valence-electron chi connectivity index (χ4n) is 1.81. The lowest BCUT2D eigenvalue weighted by atomic mass is 10.1. The summed E-state index contributed by atoms with van der Waals surface area (Å²) >= 11 is 0. The summed E-state index contributed by atoms with van der Waals surface area (Å²) in [7, 11) is 0. The van der Waals surface area contributed by atoms with Crippen LogP contribution in [0.1, 0.15) is 26.3 Å². The Morgan fingerprint density at radius 2 is 1.57 bits per heavy atom. The Labute approximate surface area is 133 Å². The topological polar surface area (TPSA) is 102 Å². The van der Waals surface area contributed by atoms with Gasteiger partial charge in [0.1, 0.15) is 5.76 Å². The molecule has 0 heterocycles. The minimum atomic E-state index is -0.999.